The minimum atomic E-state index is -0.512. The summed E-state index contributed by atoms with van der Waals surface area (Å²) in [6, 6.07) is 21.7. The number of rotatable bonds is 9. The Kier molecular flexibility index (Phi) is 7.99. The first-order valence-corrected chi connectivity index (χ1v) is 12.3. The second kappa shape index (κ2) is 11.5. The van der Waals surface area contributed by atoms with E-state index >= 15 is 0 Å². The quantitative estimate of drug-likeness (QED) is 0.216. The number of hydrogen-bond acceptors (Lipinski definition) is 7. The van der Waals surface area contributed by atoms with Crippen LogP contribution in [0.5, 0.6) is 23.0 Å². The van der Waals surface area contributed by atoms with Gasteiger partial charge in [0.05, 0.1) is 24.2 Å². The number of benzene rings is 3. The van der Waals surface area contributed by atoms with Crippen LogP contribution in [0.1, 0.15) is 61.0 Å². The summed E-state index contributed by atoms with van der Waals surface area (Å²) in [6.45, 7) is 6.60. The molecule has 0 amide bonds. The number of ether oxygens (including phenoxy) is 4. The van der Waals surface area contributed by atoms with Crippen LogP contribution in [0.15, 0.2) is 78.2 Å². The maximum atomic E-state index is 12.7. The molecule has 0 fully saturated rings. The van der Waals surface area contributed by atoms with Gasteiger partial charge in [0.15, 0.2) is 0 Å². The van der Waals surface area contributed by atoms with Crippen molar-refractivity contribution in [2.45, 2.75) is 45.6 Å². The molecule has 1 unspecified atom stereocenters. The first kappa shape index (κ1) is 25.6. The largest absolute Gasteiger partial charge is 0.494 e. The topological polar surface area (TPSA) is 104 Å². The summed E-state index contributed by atoms with van der Waals surface area (Å²) < 4.78 is 22.8. The summed E-state index contributed by atoms with van der Waals surface area (Å²) in [7, 11) is 0. The van der Waals surface area contributed by atoms with Gasteiger partial charge >= 0.3 is 5.97 Å². The molecular weight excluding hydrogens is 468 g/mol. The number of nitrogens with zero attached hydrogens (tertiary/aromatic N) is 1. The van der Waals surface area contributed by atoms with E-state index in [2.05, 4.69) is 13.0 Å². The standard InChI is InChI=1S/C30H30N2O5/c1-4-5-15-34-23-8-6-7-21(16-23)28-25-14-13-24(17-27(25)37-29(32)26(28)18-31)36-30(33)20-9-11-22(12-10-20)35-19(2)3/h6-14,16-17,19,28H,4-5,15,32H2,1-3H3. The van der Waals surface area contributed by atoms with E-state index < -0.39 is 11.9 Å². The first-order valence-electron chi connectivity index (χ1n) is 12.3. The lowest BCUT2D eigenvalue weighted by atomic mass is 9.83. The van der Waals surface area contributed by atoms with Crippen LogP contribution in [0.3, 0.4) is 0 Å². The third kappa shape index (κ3) is 6.04. The van der Waals surface area contributed by atoms with Crippen LogP contribution in [0, 0.1) is 11.3 Å². The van der Waals surface area contributed by atoms with Gasteiger partial charge in [-0.1, -0.05) is 31.5 Å². The van der Waals surface area contributed by atoms with Gasteiger partial charge < -0.3 is 24.7 Å². The monoisotopic (exact) mass is 498 g/mol. The van der Waals surface area contributed by atoms with Gasteiger partial charge in [-0.25, -0.2) is 4.79 Å². The molecule has 0 saturated carbocycles. The maximum Gasteiger partial charge on any atom is 0.343 e. The SMILES string of the molecule is CCCCOc1cccc(C2C(C#N)=C(N)Oc3cc(OC(=O)c4ccc(OC(C)C)cc4)ccc32)c1. The molecule has 1 heterocycles. The summed E-state index contributed by atoms with van der Waals surface area (Å²) >= 11 is 0. The van der Waals surface area contributed by atoms with Crippen molar-refractivity contribution in [3.8, 4) is 29.1 Å². The Labute approximate surface area is 217 Å². The molecule has 0 aromatic heterocycles. The van der Waals surface area contributed by atoms with Gasteiger partial charge in [-0.2, -0.15) is 5.26 Å². The Morgan fingerprint density at radius 2 is 1.81 bits per heavy atom. The first-order chi connectivity index (χ1) is 17.9. The zero-order chi connectivity index (χ0) is 26.4. The van der Waals surface area contributed by atoms with Crippen LogP contribution in [0.2, 0.25) is 0 Å². The molecule has 0 spiro atoms. The summed E-state index contributed by atoms with van der Waals surface area (Å²) in [5.74, 6) is 1.19. The number of nitriles is 1. The summed E-state index contributed by atoms with van der Waals surface area (Å²) in [5, 5.41) is 9.85. The van der Waals surface area contributed by atoms with E-state index in [1.54, 1.807) is 42.5 Å². The number of nitrogens with two attached hydrogens (primary N) is 1. The average Bonchev–Trinajstić information content (AvgIpc) is 2.88. The fourth-order valence-electron chi connectivity index (χ4n) is 4.07. The van der Waals surface area contributed by atoms with Crippen molar-refractivity contribution >= 4 is 5.97 Å². The van der Waals surface area contributed by atoms with Crippen molar-refractivity contribution in [1.82, 2.24) is 0 Å². The molecule has 0 aliphatic carbocycles. The molecule has 1 atom stereocenters. The van der Waals surface area contributed by atoms with Crippen LogP contribution >= 0.6 is 0 Å². The van der Waals surface area contributed by atoms with E-state index in [1.807, 2.05) is 38.1 Å². The predicted molar refractivity (Wildman–Crippen MR) is 140 cm³/mol. The Morgan fingerprint density at radius 1 is 1.05 bits per heavy atom. The van der Waals surface area contributed by atoms with E-state index in [0.717, 1.165) is 29.7 Å². The highest BCUT2D eigenvalue weighted by Gasteiger charge is 2.31. The van der Waals surface area contributed by atoms with Crippen molar-refractivity contribution in [2.75, 3.05) is 6.61 Å². The number of allylic oxidation sites excluding steroid dienone is 1. The normalized spacial score (nSPS) is 14.4. The number of unbranched alkanes of at least 4 members (excludes halogenated alkanes) is 1. The lowest BCUT2D eigenvalue weighted by molar-refractivity contribution is 0.0734. The lowest BCUT2D eigenvalue weighted by Crippen LogP contribution is -2.21. The minimum Gasteiger partial charge on any atom is -0.494 e. The van der Waals surface area contributed by atoms with E-state index in [1.165, 1.54) is 0 Å². The molecule has 1 aliphatic heterocycles. The van der Waals surface area contributed by atoms with Gasteiger partial charge in [0.25, 0.3) is 0 Å². The Hall–Kier alpha value is -4.44. The fourth-order valence-corrected chi connectivity index (χ4v) is 4.07. The third-order valence-corrected chi connectivity index (χ3v) is 5.82. The highest BCUT2D eigenvalue weighted by molar-refractivity contribution is 5.91. The van der Waals surface area contributed by atoms with Crippen LogP contribution in [-0.4, -0.2) is 18.7 Å². The molecule has 1 aliphatic rings. The van der Waals surface area contributed by atoms with Gasteiger partial charge in [0.1, 0.15) is 34.6 Å². The van der Waals surface area contributed by atoms with Crippen molar-refractivity contribution in [3.63, 3.8) is 0 Å². The van der Waals surface area contributed by atoms with Crippen molar-refractivity contribution in [1.29, 1.82) is 5.26 Å². The summed E-state index contributed by atoms with van der Waals surface area (Å²) in [5.41, 5.74) is 8.44. The van der Waals surface area contributed by atoms with E-state index in [4.69, 9.17) is 24.7 Å². The molecule has 3 aromatic carbocycles. The second-order valence-corrected chi connectivity index (χ2v) is 8.98. The number of carbonyl (C=O) groups excluding carboxylic acids is 1. The zero-order valence-electron chi connectivity index (χ0n) is 21.2. The second-order valence-electron chi connectivity index (χ2n) is 8.98. The molecule has 0 saturated heterocycles. The molecule has 2 N–H and O–H groups in total. The van der Waals surface area contributed by atoms with E-state index in [9.17, 15) is 10.1 Å². The fraction of sp³-hybridized carbons (Fsp3) is 0.267. The van der Waals surface area contributed by atoms with E-state index in [-0.39, 0.29) is 12.0 Å². The molecular formula is C30H30N2O5. The van der Waals surface area contributed by atoms with Crippen LogP contribution in [0.25, 0.3) is 0 Å². The number of hydrogen-bond donors (Lipinski definition) is 1. The smallest absolute Gasteiger partial charge is 0.343 e. The van der Waals surface area contributed by atoms with Crippen molar-refractivity contribution in [2.24, 2.45) is 5.73 Å². The molecule has 37 heavy (non-hydrogen) atoms. The van der Waals surface area contributed by atoms with Crippen molar-refractivity contribution in [3.05, 3.63) is 94.9 Å². The number of esters is 1. The molecule has 4 rings (SSSR count). The van der Waals surface area contributed by atoms with Crippen LogP contribution in [-0.2, 0) is 0 Å². The van der Waals surface area contributed by atoms with E-state index in [0.29, 0.717) is 35.0 Å². The summed E-state index contributed by atoms with van der Waals surface area (Å²) in [4.78, 5) is 12.7. The molecule has 0 radical (unpaired) electrons. The number of fused-ring (bicyclic) bond motifs is 1. The van der Waals surface area contributed by atoms with Gasteiger partial charge in [-0.3, -0.25) is 0 Å². The Bertz CT molecular complexity index is 1340. The van der Waals surface area contributed by atoms with Gasteiger partial charge in [-0.15, -0.1) is 0 Å². The molecule has 3 aromatic rings. The number of carbonyl (C=O) groups is 1. The van der Waals surface area contributed by atoms with Crippen LogP contribution in [0.4, 0.5) is 0 Å². The summed E-state index contributed by atoms with van der Waals surface area (Å²) in [6.07, 6.45) is 2.03. The lowest BCUT2D eigenvalue weighted by Gasteiger charge is -2.27. The van der Waals surface area contributed by atoms with Gasteiger partial charge in [0.2, 0.25) is 5.88 Å². The van der Waals surface area contributed by atoms with Crippen molar-refractivity contribution < 1.29 is 23.7 Å². The Balaban J connectivity index is 1.58. The zero-order valence-corrected chi connectivity index (χ0v) is 21.2. The van der Waals surface area contributed by atoms with Crippen LogP contribution < -0.4 is 24.7 Å². The highest BCUT2D eigenvalue weighted by atomic mass is 16.5. The minimum absolute atomic E-state index is 0.0153. The molecule has 7 heteroatoms. The molecule has 190 valence electrons. The predicted octanol–water partition coefficient (Wildman–Crippen LogP) is 6.09. The van der Waals surface area contributed by atoms with Gasteiger partial charge in [0, 0.05) is 11.6 Å². The Morgan fingerprint density at radius 3 is 2.51 bits per heavy atom. The van der Waals surface area contributed by atoms with Gasteiger partial charge in [-0.05, 0) is 68.3 Å². The highest BCUT2D eigenvalue weighted by Crippen LogP contribution is 2.44. The molecule has 0 bridgehead atoms. The third-order valence-electron chi connectivity index (χ3n) is 5.82. The molecule has 7 nitrogen and oxygen atoms in total. The maximum absolute atomic E-state index is 12.7. The average molecular weight is 499 g/mol.